The summed E-state index contributed by atoms with van der Waals surface area (Å²) < 4.78 is 9.97. The van der Waals surface area contributed by atoms with Crippen molar-refractivity contribution in [3.05, 3.63) is 18.6 Å². The Balaban J connectivity index is 2.05. The van der Waals surface area contributed by atoms with Crippen molar-refractivity contribution >= 4 is 11.8 Å². The van der Waals surface area contributed by atoms with Crippen LogP contribution in [0.3, 0.4) is 0 Å². The van der Waals surface area contributed by atoms with Crippen molar-refractivity contribution in [2.24, 2.45) is 0 Å². The first-order valence-electron chi connectivity index (χ1n) is 5.01. The Bertz CT molecular complexity index is 358. The van der Waals surface area contributed by atoms with E-state index in [4.69, 9.17) is 4.74 Å². The predicted molar refractivity (Wildman–Crippen MR) is 56.0 cm³/mol. The van der Waals surface area contributed by atoms with Gasteiger partial charge in [-0.15, -0.1) is 0 Å². The molecule has 0 spiro atoms. The molecule has 6 nitrogen and oxygen atoms in total. The minimum absolute atomic E-state index is 0.353. The largest absolute Gasteiger partial charge is 0.467 e. The molecule has 0 aromatic carbocycles. The van der Waals surface area contributed by atoms with E-state index in [1.165, 1.54) is 7.11 Å². The number of carbonyl (C=O) groups is 1. The molecule has 16 heavy (non-hydrogen) atoms. The molecular weight excluding hydrogens is 210 g/mol. The van der Waals surface area contributed by atoms with Crippen LogP contribution in [-0.4, -0.2) is 48.8 Å². The number of hydrogen-bond acceptors (Lipinski definition) is 6. The zero-order chi connectivity index (χ0) is 11.4. The fourth-order valence-electron chi connectivity index (χ4n) is 1.59. The van der Waals surface area contributed by atoms with E-state index in [0.717, 1.165) is 5.82 Å². The third kappa shape index (κ3) is 2.27. The van der Waals surface area contributed by atoms with Gasteiger partial charge in [-0.25, -0.2) is 9.78 Å². The van der Waals surface area contributed by atoms with Crippen LogP contribution in [0.5, 0.6) is 0 Å². The molecule has 2 heterocycles. The van der Waals surface area contributed by atoms with Gasteiger partial charge in [0.1, 0.15) is 5.82 Å². The number of aromatic nitrogens is 2. The smallest absolute Gasteiger partial charge is 0.336 e. The van der Waals surface area contributed by atoms with Crippen LogP contribution < -0.4 is 4.90 Å². The Morgan fingerprint density at radius 3 is 3.19 bits per heavy atom. The van der Waals surface area contributed by atoms with Gasteiger partial charge in [-0.3, -0.25) is 4.98 Å². The summed E-state index contributed by atoms with van der Waals surface area (Å²) in [5.41, 5.74) is 0. The van der Waals surface area contributed by atoms with Crippen molar-refractivity contribution in [1.82, 2.24) is 9.97 Å². The second-order valence-corrected chi connectivity index (χ2v) is 3.39. The molecule has 2 rings (SSSR count). The van der Waals surface area contributed by atoms with E-state index in [9.17, 15) is 4.79 Å². The van der Waals surface area contributed by atoms with Gasteiger partial charge in [0.05, 0.1) is 26.5 Å². The minimum atomic E-state index is -0.541. The van der Waals surface area contributed by atoms with Gasteiger partial charge >= 0.3 is 5.97 Å². The molecule has 1 saturated heterocycles. The van der Waals surface area contributed by atoms with E-state index in [0.29, 0.717) is 19.7 Å². The van der Waals surface area contributed by atoms with Gasteiger partial charge in [0.25, 0.3) is 0 Å². The number of nitrogens with zero attached hydrogens (tertiary/aromatic N) is 3. The standard InChI is InChI=1S/C10H13N3O3/c1-15-10(14)8-7-13(4-5-16-8)9-6-11-2-3-12-9/h2-3,6,8H,4-5,7H2,1H3. The molecule has 6 heteroatoms. The summed E-state index contributed by atoms with van der Waals surface area (Å²) in [6.07, 6.45) is 4.36. The molecule has 0 bridgehead atoms. The molecule has 0 saturated carbocycles. The molecule has 1 aliphatic rings. The lowest BCUT2D eigenvalue weighted by Crippen LogP contribution is -2.46. The van der Waals surface area contributed by atoms with E-state index >= 15 is 0 Å². The first-order chi connectivity index (χ1) is 7.81. The normalized spacial score (nSPS) is 20.6. The SMILES string of the molecule is COC(=O)C1CN(c2cnccn2)CCO1. The van der Waals surface area contributed by atoms with Crippen LogP contribution in [0.2, 0.25) is 0 Å². The summed E-state index contributed by atoms with van der Waals surface area (Å²) in [5.74, 6) is 0.397. The maximum absolute atomic E-state index is 11.3. The van der Waals surface area contributed by atoms with Crippen molar-refractivity contribution < 1.29 is 14.3 Å². The fraction of sp³-hybridized carbons (Fsp3) is 0.500. The third-order valence-electron chi connectivity index (χ3n) is 2.40. The highest BCUT2D eigenvalue weighted by molar-refractivity contribution is 5.75. The zero-order valence-electron chi connectivity index (χ0n) is 9.00. The van der Waals surface area contributed by atoms with Crippen LogP contribution in [0.15, 0.2) is 18.6 Å². The van der Waals surface area contributed by atoms with Gasteiger partial charge in [-0.1, -0.05) is 0 Å². The van der Waals surface area contributed by atoms with Gasteiger partial charge in [-0.2, -0.15) is 0 Å². The molecule has 1 atom stereocenters. The zero-order valence-corrected chi connectivity index (χ0v) is 9.00. The lowest BCUT2D eigenvalue weighted by Gasteiger charge is -2.31. The molecule has 1 unspecified atom stereocenters. The van der Waals surface area contributed by atoms with Crippen molar-refractivity contribution in [3.8, 4) is 0 Å². The Hall–Kier alpha value is -1.69. The summed E-state index contributed by atoms with van der Waals surface area (Å²) in [7, 11) is 1.35. The Kier molecular flexibility index (Phi) is 3.31. The fourth-order valence-corrected chi connectivity index (χ4v) is 1.59. The third-order valence-corrected chi connectivity index (χ3v) is 2.40. The average Bonchev–Trinajstić information content (AvgIpc) is 2.39. The lowest BCUT2D eigenvalue weighted by atomic mass is 10.3. The molecule has 1 aliphatic heterocycles. The highest BCUT2D eigenvalue weighted by Gasteiger charge is 2.27. The molecule has 0 N–H and O–H groups in total. The molecule has 0 radical (unpaired) electrons. The Labute approximate surface area is 93.2 Å². The van der Waals surface area contributed by atoms with E-state index in [1.807, 2.05) is 4.90 Å². The van der Waals surface area contributed by atoms with Gasteiger partial charge < -0.3 is 14.4 Å². The highest BCUT2D eigenvalue weighted by atomic mass is 16.6. The summed E-state index contributed by atoms with van der Waals surface area (Å²) in [5, 5.41) is 0. The number of ether oxygens (including phenoxy) is 2. The molecule has 0 aliphatic carbocycles. The molecule has 0 amide bonds. The number of esters is 1. The van der Waals surface area contributed by atoms with Crippen molar-refractivity contribution in [2.45, 2.75) is 6.10 Å². The van der Waals surface area contributed by atoms with Gasteiger partial charge in [-0.05, 0) is 0 Å². The Morgan fingerprint density at radius 2 is 2.50 bits per heavy atom. The monoisotopic (exact) mass is 223 g/mol. The van der Waals surface area contributed by atoms with Crippen molar-refractivity contribution in [2.75, 3.05) is 31.7 Å². The van der Waals surface area contributed by atoms with Gasteiger partial charge in [0.15, 0.2) is 6.10 Å². The van der Waals surface area contributed by atoms with Crippen LogP contribution in [-0.2, 0) is 14.3 Å². The average molecular weight is 223 g/mol. The summed E-state index contributed by atoms with van der Waals surface area (Å²) in [4.78, 5) is 21.5. The van der Waals surface area contributed by atoms with Gasteiger partial charge in [0.2, 0.25) is 0 Å². The lowest BCUT2D eigenvalue weighted by molar-refractivity contribution is -0.154. The molecule has 1 aromatic rings. The van der Waals surface area contributed by atoms with Crippen molar-refractivity contribution in [3.63, 3.8) is 0 Å². The molecule has 1 fully saturated rings. The number of rotatable bonds is 2. The number of methoxy groups -OCH3 is 1. The maximum Gasteiger partial charge on any atom is 0.336 e. The maximum atomic E-state index is 11.3. The van der Waals surface area contributed by atoms with E-state index in [-0.39, 0.29) is 5.97 Å². The van der Waals surface area contributed by atoms with Crippen LogP contribution in [0.25, 0.3) is 0 Å². The number of morpholine rings is 1. The predicted octanol–water partition coefficient (Wildman–Crippen LogP) is -0.145. The van der Waals surface area contributed by atoms with Crippen molar-refractivity contribution in [1.29, 1.82) is 0 Å². The number of carbonyl (C=O) groups excluding carboxylic acids is 1. The Morgan fingerprint density at radius 1 is 1.62 bits per heavy atom. The van der Waals surface area contributed by atoms with Crippen LogP contribution >= 0.6 is 0 Å². The summed E-state index contributed by atoms with van der Waals surface area (Å²) >= 11 is 0. The van der Waals surface area contributed by atoms with Crippen LogP contribution in [0.4, 0.5) is 5.82 Å². The van der Waals surface area contributed by atoms with E-state index in [1.54, 1.807) is 18.6 Å². The first-order valence-corrected chi connectivity index (χ1v) is 5.01. The second kappa shape index (κ2) is 4.89. The van der Waals surface area contributed by atoms with Gasteiger partial charge in [0, 0.05) is 18.9 Å². The topological polar surface area (TPSA) is 64.5 Å². The van der Waals surface area contributed by atoms with Crippen LogP contribution in [0, 0.1) is 0 Å². The summed E-state index contributed by atoms with van der Waals surface area (Å²) in [6.45, 7) is 1.63. The molecule has 1 aromatic heterocycles. The quantitative estimate of drug-likeness (QED) is 0.650. The first kappa shape index (κ1) is 10.8. The van der Waals surface area contributed by atoms with Crippen LogP contribution in [0.1, 0.15) is 0 Å². The highest BCUT2D eigenvalue weighted by Crippen LogP contribution is 2.13. The van der Waals surface area contributed by atoms with E-state index < -0.39 is 6.10 Å². The summed E-state index contributed by atoms with van der Waals surface area (Å²) in [6, 6.07) is 0. The molecule has 86 valence electrons. The number of anilines is 1. The second-order valence-electron chi connectivity index (χ2n) is 3.39. The van der Waals surface area contributed by atoms with E-state index in [2.05, 4.69) is 14.7 Å². The molecular formula is C10H13N3O3. The minimum Gasteiger partial charge on any atom is -0.467 e. The number of hydrogen-bond donors (Lipinski definition) is 0.